The van der Waals surface area contributed by atoms with E-state index in [1.54, 1.807) is 4.90 Å². The first-order chi connectivity index (χ1) is 11.5. The number of nitriles is 1. The second-order valence-corrected chi connectivity index (χ2v) is 7.11. The zero-order chi connectivity index (χ0) is 17.5. The molecule has 0 bridgehead atoms. The van der Waals surface area contributed by atoms with Crippen LogP contribution in [0.5, 0.6) is 0 Å². The molecule has 132 valence electrons. The molecule has 1 saturated heterocycles. The van der Waals surface area contributed by atoms with E-state index < -0.39 is 0 Å². The number of aromatic nitrogens is 1. The number of halogens is 1. The Kier molecular flexibility index (Phi) is 7.28. The van der Waals surface area contributed by atoms with Gasteiger partial charge in [-0.3, -0.25) is 9.69 Å². The summed E-state index contributed by atoms with van der Waals surface area (Å²) in [6, 6.07) is 4.20. The fraction of sp³-hybridized carbons (Fsp3) is 0.647. The van der Waals surface area contributed by atoms with Crippen molar-refractivity contribution in [1.29, 1.82) is 5.26 Å². The van der Waals surface area contributed by atoms with E-state index in [4.69, 9.17) is 10.00 Å². The van der Waals surface area contributed by atoms with Gasteiger partial charge >= 0.3 is 0 Å². The third-order valence-corrected chi connectivity index (χ3v) is 4.59. The zero-order valence-electron chi connectivity index (χ0n) is 14.4. The van der Waals surface area contributed by atoms with Crippen molar-refractivity contribution in [1.82, 2.24) is 14.4 Å². The highest BCUT2D eigenvalue weighted by Crippen LogP contribution is 2.21. The predicted molar refractivity (Wildman–Crippen MR) is 95.9 cm³/mol. The van der Waals surface area contributed by atoms with Crippen LogP contribution in [0.3, 0.4) is 0 Å². The van der Waals surface area contributed by atoms with Crippen LogP contribution in [0.25, 0.3) is 0 Å². The minimum absolute atomic E-state index is 0.0158. The largest absolute Gasteiger partial charge is 0.379 e. The van der Waals surface area contributed by atoms with Gasteiger partial charge < -0.3 is 14.2 Å². The summed E-state index contributed by atoms with van der Waals surface area (Å²) in [5.41, 5.74) is 0.664. The van der Waals surface area contributed by atoms with Crippen LogP contribution in [-0.2, 0) is 4.74 Å². The summed E-state index contributed by atoms with van der Waals surface area (Å²) in [5.74, 6) is -0.0158. The van der Waals surface area contributed by atoms with Gasteiger partial charge in [-0.1, -0.05) is 0 Å². The summed E-state index contributed by atoms with van der Waals surface area (Å²) in [6.07, 6.45) is 2.28. The van der Waals surface area contributed by atoms with E-state index in [1.807, 2.05) is 16.8 Å². The summed E-state index contributed by atoms with van der Waals surface area (Å²) < 4.78 is 8.23. The number of morpholine rings is 1. The van der Waals surface area contributed by atoms with Gasteiger partial charge in [0.15, 0.2) is 0 Å². The van der Waals surface area contributed by atoms with Gasteiger partial charge in [0.25, 0.3) is 5.91 Å². The van der Waals surface area contributed by atoms with Gasteiger partial charge in [-0.2, -0.15) is 5.26 Å². The van der Waals surface area contributed by atoms with Crippen molar-refractivity contribution in [3.63, 3.8) is 0 Å². The van der Waals surface area contributed by atoms with Gasteiger partial charge in [-0.15, -0.1) is 0 Å². The number of carbonyl (C=O) groups is 1. The summed E-state index contributed by atoms with van der Waals surface area (Å²) in [4.78, 5) is 17.1. The fourth-order valence-electron chi connectivity index (χ4n) is 2.79. The molecule has 0 N–H and O–H groups in total. The average molecular weight is 397 g/mol. The van der Waals surface area contributed by atoms with E-state index in [9.17, 15) is 4.79 Å². The lowest BCUT2D eigenvalue weighted by atomic mass is 10.3. The predicted octanol–water partition coefficient (Wildman–Crippen LogP) is 2.52. The van der Waals surface area contributed by atoms with Gasteiger partial charge in [0.05, 0.1) is 25.7 Å². The molecule has 2 rings (SSSR count). The lowest BCUT2D eigenvalue weighted by Gasteiger charge is -2.30. The third kappa shape index (κ3) is 5.07. The maximum absolute atomic E-state index is 13.0. The number of hydrogen-bond acceptors (Lipinski definition) is 4. The molecule has 1 aromatic heterocycles. The smallest absolute Gasteiger partial charge is 0.270 e. The summed E-state index contributed by atoms with van der Waals surface area (Å²) in [5, 5.41) is 8.90. The first-order valence-electron chi connectivity index (χ1n) is 8.36. The highest BCUT2D eigenvalue weighted by molar-refractivity contribution is 9.10. The lowest BCUT2D eigenvalue weighted by Crippen LogP contribution is -2.43. The molecular weight excluding hydrogens is 372 g/mol. The van der Waals surface area contributed by atoms with Crippen LogP contribution in [-0.4, -0.2) is 66.2 Å². The van der Waals surface area contributed by atoms with Crippen LogP contribution in [0.2, 0.25) is 0 Å². The Balaban J connectivity index is 2.08. The van der Waals surface area contributed by atoms with Crippen molar-refractivity contribution in [3.05, 3.63) is 22.4 Å². The van der Waals surface area contributed by atoms with E-state index >= 15 is 0 Å². The first kappa shape index (κ1) is 19.0. The number of nitrogens with zero attached hydrogens (tertiary/aromatic N) is 4. The number of hydrogen-bond donors (Lipinski definition) is 0. The molecule has 0 saturated carbocycles. The second-order valence-electron chi connectivity index (χ2n) is 6.20. The Labute approximate surface area is 152 Å². The molecule has 1 aliphatic rings. The minimum atomic E-state index is -0.0158. The zero-order valence-corrected chi connectivity index (χ0v) is 16.0. The maximum Gasteiger partial charge on any atom is 0.270 e. The van der Waals surface area contributed by atoms with Gasteiger partial charge in [0.1, 0.15) is 5.69 Å². The van der Waals surface area contributed by atoms with E-state index in [1.165, 1.54) is 0 Å². The molecule has 0 spiro atoms. The molecule has 7 heteroatoms. The Hall–Kier alpha value is -1.36. The molecule has 0 unspecified atom stereocenters. The molecule has 1 aromatic rings. The Morgan fingerprint density at radius 2 is 2.12 bits per heavy atom. The van der Waals surface area contributed by atoms with Crippen LogP contribution in [0.1, 0.15) is 36.8 Å². The summed E-state index contributed by atoms with van der Waals surface area (Å²) >= 11 is 3.46. The molecule has 1 aliphatic heterocycles. The van der Waals surface area contributed by atoms with Gasteiger partial charge in [0.2, 0.25) is 0 Å². The van der Waals surface area contributed by atoms with Crippen molar-refractivity contribution in [2.75, 3.05) is 45.9 Å². The number of ether oxygens (including phenoxy) is 1. The van der Waals surface area contributed by atoms with Crippen molar-refractivity contribution in [2.24, 2.45) is 0 Å². The van der Waals surface area contributed by atoms with Crippen LogP contribution < -0.4 is 0 Å². The molecule has 0 aromatic carbocycles. The van der Waals surface area contributed by atoms with E-state index in [-0.39, 0.29) is 11.9 Å². The van der Waals surface area contributed by atoms with Gasteiger partial charge in [0, 0.05) is 49.4 Å². The van der Waals surface area contributed by atoms with Gasteiger partial charge in [-0.05, 0) is 35.8 Å². The highest BCUT2D eigenvalue weighted by atomic mass is 79.9. The summed E-state index contributed by atoms with van der Waals surface area (Å²) in [6.45, 7) is 9.28. The van der Waals surface area contributed by atoms with E-state index in [0.29, 0.717) is 25.2 Å². The third-order valence-electron chi connectivity index (χ3n) is 4.16. The minimum Gasteiger partial charge on any atom is -0.379 e. The molecule has 2 heterocycles. The molecule has 1 fully saturated rings. The van der Waals surface area contributed by atoms with Gasteiger partial charge in [-0.25, -0.2) is 0 Å². The molecular formula is C17H25BrN4O2. The average Bonchev–Trinajstić information content (AvgIpc) is 2.97. The molecule has 0 atom stereocenters. The second kappa shape index (κ2) is 9.21. The highest BCUT2D eigenvalue weighted by Gasteiger charge is 2.22. The number of amides is 1. The molecule has 24 heavy (non-hydrogen) atoms. The Morgan fingerprint density at radius 3 is 2.75 bits per heavy atom. The molecule has 1 amide bonds. The topological polar surface area (TPSA) is 61.5 Å². The molecule has 0 radical (unpaired) electrons. The fourth-order valence-corrected chi connectivity index (χ4v) is 3.23. The van der Waals surface area contributed by atoms with Crippen LogP contribution >= 0.6 is 15.9 Å². The van der Waals surface area contributed by atoms with Crippen LogP contribution in [0, 0.1) is 11.3 Å². The van der Waals surface area contributed by atoms with Crippen molar-refractivity contribution >= 4 is 21.8 Å². The normalized spacial score (nSPS) is 15.5. The van der Waals surface area contributed by atoms with Crippen molar-refractivity contribution < 1.29 is 9.53 Å². The first-order valence-corrected chi connectivity index (χ1v) is 9.16. The Bertz CT molecular complexity index is 588. The maximum atomic E-state index is 13.0. The molecule has 6 nitrogen and oxygen atoms in total. The molecule has 0 aliphatic carbocycles. The van der Waals surface area contributed by atoms with E-state index in [2.05, 4.69) is 40.7 Å². The van der Waals surface area contributed by atoms with Crippen molar-refractivity contribution in [2.45, 2.75) is 26.3 Å². The standard InChI is InChI=1S/C17H25BrN4O2/c1-14(2)22-13-15(18)12-16(22)17(23)21(5-3-4-19)7-6-20-8-10-24-11-9-20/h12-14H,3,5-11H2,1-2H3. The van der Waals surface area contributed by atoms with Crippen LogP contribution in [0.15, 0.2) is 16.7 Å². The number of rotatable bonds is 7. The lowest BCUT2D eigenvalue weighted by molar-refractivity contribution is 0.0325. The monoisotopic (exact) mass is 396 g/mol. The Morgan fingerprint density at radius 1 is 1.42 bits per heavy atom. The van der Waals surface area contributed by atoms with Crippen LogP contribution in [0.4, 0.5) is 0 Å². The van der Waals surface area contributed by atoms with Crippen molar-refractivity contribution in [3.8, 4) is 6.07 Å². The SMILES string of the molecule is CC(C)n1cc(Br)cc1C(=O)N(CCC#N)CCN1CCOCC1. The number of carbonyl (C=O) groups excluding carboxylic acids is 1. The summed E-state index contributed by atoms with van der Waals surface area (Å²) in [7, 11) is 0. The quantitative estimate of drug-likeness (QED) is 0.710. The van der Waals surface area contributed by atoms with E-state index in [0.717, 1.165) is 37.3 Å².